The number of urea groups is 1. The Morgan fingerprint density at radius 1 is 1.36 bits per heavy atom. The fraction of sp³-hybridized carbons (Fsp3) is 0.389. The van der Waals surface area contributed by atoms with E-state index in [0.29, 0.717) is 26.1 Å². The van der Waals surface area contributed by atoms with Crippen molar-refractivity contribution in [2.24, 2.45) is 0 Å². The summed E-state index contributed by atoms with van der Waals surface area (Å²) in [7, 11) is 0. The molecule has 132 valence electrons. The van der Waals surface area contributed by atoms with E-state index in [0.717, 1.165) is 22.6 Å². The quantitative estimate of drug-likeness (QED) is 0.862. The van der Waals surface area contributed by atoms with Crippen LogP contribution in [0.1, 0.15) is 29.0 Å². The number of carbonyl (C=O) groups excluding carboxylic acids is 2. The lowest BCUT2D eigenvalue weighted by Crippen LogP contribution is -2.53. The number of nitrogens with zero attached hydrogens (tertiary/aromatic N) is 2. The summed E-state index contributed by atoms with van der Waals surface area (Å²) in [5, 5.41) is 5.68. The van der Waals surface area contributed by atoms with Gasteiger partial charge in [0.1, 0.15) is 6.04 Å². The molecule has 0 saturated carbocycles. The van der Waals surface area contributed by atoms with Crippen LogP contribution in [0.25, 0.3) is 0 Å². The van der Waals surface area contributed by atoms with E-state index in [-0.39, 0.29) is 11.9 Å². The van der Waals surface area contributed by atoms with Crippen molar-refractivity contribution >= 4 is 23.3 Å². The van der Waals surface area contributed by atoms with Crippen LogP contribution in [0.5, 0.6) is 0 Å². The van der Waals surface area contributed by atoms with Crippen LogP contribution in [0.2, 0.25) is 0 Å². The van der Waals surface area contributed by atoms with Gasteiger partial charge >= 0.3 is 6.03 Å². The van der Waals surface area contributed by atoms with E-state index in [1.807, 2.05) is 37.3 Å². The first kappa shape index (κ1) is 17.4. The number of piperidine rings is 1. The third kappa shape index (κ3) is 4.57. The first-order valence-electron chi connectivity index (χ1n) is 8.39. The Labute approximate surface area is 151 Å². The van der Waals surface area contributed by atoms with Crippen LogP contribution in [0.15, 0.2) is 35.8 Å². The lowest BCUT2D eigenvalue weighted by molar-refractivity contribution is -0.124. The molecule has 6 nitrogen and oxygen atoms in total. The van der Waals surface area contributed by atoms with E-state index in [2.05, 4.69) is 15.6 Å². The van der Waals surface area contributed by atoms with Crippen LogP contribution in [0, 0.1) is 6.92 Å². The molecule has 0 spiro atoms. The molecule has 7 heteroatoms. The molecule has 1 aromatic heterocycles. The zero-order chi connectivity index (χ0) is 17.6. The Morgan fingerprint density at radius 3 is 2.84 bits per heavy atom. The van der Waals surface area contributed by atoms with Gasteiger partial charge in [-0.1, -0.05) is 30.3 Å². The monoisotopic (exact) mass is 358 g/mol. The molecule has 3 amide bonds. The summed E-state index contributed by atoms with van der Waals surface area (Å²) in [5.41, 5.74) is 3.77. The average molecular weight is 358 g/mol. The molecule has 2 heterocycles. The van der Waals surface area contributed by atoms with Crippen molar-refractivity contribution in [1.29, 1.82) is 0 Å². The van der Waals surface area contributed by atoms with E-state index in [1.54, 1.807) is 21.7 Å². The number of benzene rings is 1. The molecule has 0 aliphatic carbocycles. The zero-order valence-electron chi connectivity index (χ0n) is 14.2. The zero-order valence-corrected chi connectivity index (χ0v) is 15.0. The Bertz CT molecular complexity index is 732. The first-order chi connectivity index (χ1) is 12.1. The predicted molar refractivity (Wildman–Crippen MR) is 97.1 cm³/mol. The highest BCUT2D eigenvalue weighted by atomic mass is 32.1. The van der Waals surface area contributed by atoms with Gasteiger partial charge in [-0.3, -0.25) is 4.79 Å². The molecule has 1 saturated heterocycles. The van der Waals surface area contributed by atoms with Gasteiger partial charge in [0.05, 0.1) is 17.7 Å². The molecule has 0 radical (unpaired) electrons. The second kappa shape index (κ2) is 8.11. The highest BCUT2D eigenvalue weighted by molar-refractivity contribution is 7.09. The third-order valence-corrected chi connectivity index (χ3v) is 5.19. The summed E-state index contributed by atoms with van der Waals surface area (Å²) in [6.45, 7) is 3.59. The van der Waals surface area contributed by atoms with Crippen LogP contribution < -0.4 is 10.6 Å². The molecular weight excluding hydrogens is 336 g/mol. The molecule has 1 atom stereocenters. The van der Waals surface area contributed by atoms with Crippen molar-refractivity contribution < 1.29 is 9.59 Å². The molecule has 2 aromatic rings. The molecular formula is C18H22N4O2S. The Balaban J connectivity index is 1.73. The number of amides is 3. The van der Waals surface area contributed by atoms with Gasteiger partial charge in [0.15, 0.2) is 0 Å². The number of hydrogen-bond donors (Lipinski definition) is 2. The standard InChI is InChI=1S/C18H22N4O2S/c1-13-16(25-12-20-13)11-22(10-14-6-3-2-4-7-14)18(24)21-15-8-5-9-19-17(15)23/h2-4,6-7,12,15H,5,8-11H2,1H3,(H,19,23)(H,21,24)/t15-/m1/s1. The van der Waals surface area contributed by atoms with Crippen molar-refractivity contribution in [3.05, 3.63) is 52.0 Å². The van der Waals surface area contributed by atoms with Crippen LogP contribution >= 0.6 is 11.3 Å². The maximum Gasteiger partial charge on any atom is 0.318 e. The molecule has 1 aliphatic heterocycles. The molecule has 1 fully saturated rings. The van der Waals surface area contributed by atoms with E-state index in [4.69, 9.17) is 0 Å². The Morgan fingerprint density at radius 2 is 2.16 bits per heavy atom. The van der Waals surface area contributed by atoms with Crippen molar-refractivity contribution in [3.63, 3.8) is 0 Å². The second-order valence-corrected chi connectivity index (χ2v) is 7.08. The number of hydrogen-bond acceptors (Lipinski definition) is 4. The number of carbonyl (C=O) groups is 2. The highest BCUT2D eigenvalue weighted by Crippen LogP contribution is 2.17. The van der Waals surface area contributed by atoms with Gasteiger partial charge in [0, 0.05) is 18.0 Å². The lowest BCUT2D eigenvalue weighted by atomic mass is 10.1. The van der Waals surface area contributed by atoms with E-state index < -0.39 is 6.04 Å². The van der Waals surface area contributed by atoms with Crippen LogP contribution in [-0.4, -0.2) is 34.4 Å². The maximum atomic E-state index is 12.8. The van der Waals surface area contributed by atoms with Crippen LogP contribution in [0.4, 0.5) is 4.79 Å². The molecule has 2 N–H and O–H groups in total. The minimum atomic E-state index is -0.456. The van der Waals surface area contributed by atoms with E-state index >= 15 is 0 Å². The number of aryl methyl sites for hydroxylation is 1. The molecule has 3 rings (SSSR count). The Hall–Kier alpha value is -2.41. The summed E-state index contributed by atoms with van der Waals surface area (Å²) >= 11 is 1.54. The predicted octanol–water partition coefficient (Wildman–Crippen LogP) is 2.44. The number of nitrogens with one attached hydrogen (secondary N) is 2. The van der Waals surface area contributed by atoms with Gasteiger partial charge in [-0.05, 0) is 25.3 Å². The fourth-order valence-corrected chi connectivity index (χ4v) is 3.60. The largest absolute Gasteiger partial charge is 0.354 e. The normalized spacial score (nSPS) is 17.0. The van der Waals surface area contributed by atoms with E-state index in [9.17, 15) is 9.59 Å². The topological polar surface area (TPSA) is 74.3 Å². The molecule has 1 aliphatic rings. The SMILES string of the molecule is Cc1ncsc1CN(Cc1ccccc1)C(=O)N[C@@H]1CCCNC1=O. The highest BCUT2D eigenvalue weighted by Gasteiger charge is 2.26. The Kier molecular flexibility index (Phi) is 5.65. The number of aromatic nitrogens is 1. The number of thiazole rings is 1. The molecule has 1 aromatic carbocycles. The third-order valence-electron chi connectivity index (χ3n) is 4.27. The van der Waals surface area contributed by atoms with Crippen molar-refractivity contribution in [1.82, 2.24) is 20.5 Å². The molecule has 0 bridgehead atoms. The molecule has 25 heavy (non-hydrogen) atoms. The summed E-state index contributed by atoms with van der Waals surface area (Å²) < 4.78 is 0. The summed E-state index contributed by atoms with van der Waals surface area (Å²) in [6, 6.07) is 9.17. The van der Waals surface area contributed by atoms with Crippen molar-refractivity contribution in [2.45, 2.75) is 38.9 Å². The van der Waals surface area contributed by atoms with Crippen LogP contribution in [-0.2, 0) is 17.9 Å². The smallest absolute Gasteiger partial charge is 0.318 e. The van der Waals surface area contributed by atoms with Gasteiger partial charge in [0.2, 0.25) is 5.91 Å². The van der Waals surface area contributed by atoms with Crippen LogP contribution in [0.3, 0.4) is 0 Å². The summed E-state index contributed by atoms with van der Waals surface area (Å²) in [5.74, 6) is -0.103. The fourth-order valence-electron chi connectivity index (χ4n) is 2.80. The van der Waals surface area contributed by atoms with E-state index in [1.165, 1.54) is 0 Å². The minimum absolute atomic E-state index is 0.103. The number of rotatable bonds is 5. The van der Waals surface area contributed by atoms with Gasteiger partial charge in [-0.25, -0.2) is 9.78 Å². The molecule has 0 unspecified atom stereocenters. The van der Waals surface area contributed by atoms with Gasteiger partial charge in [-0.15, -0.1) is 11.3 Å². The lowest BCUT2D eigenvalue weighted by Gasteiger charge is -2.28. The minimum Gasteiger partial charge on any atom is -0.354 e. The van der Waals surface area contributed by atoms with Gasteiger partial charge in [0.25, 0.3) is 0 Å². The van der Waals surface area contributed by atoms with Crippen molar-refractivity contribution in [2.75, 3.05) is 6.54 Å². The summed E-state index contributed by atoms with van der Waals surface area (Å²) in [4.78, 5) is 31.8. The maximum absolute atomic E-state index is 12.8. The summed E-state index contributed by atoms with van der Waals surface area (Å²) in [6.07, 6.45) is 1.56. The average Bonchev–Trinajstić information content (AvgIpc) is 3.02. The van der Waals surface area contributed by atoms with Gasteiger partial charge < -0.3 is 15.5 Å². The first-order valence-corrected chi connectivity index (χ1v) is 9.27. The second-order valence-electron chi connectivity index (χ2n) is 6.14. The van der Waals surface area contributed by atoms with Crippen molar-refractivity contribution in [3.8, 4) is 0 Å². The van der Waals surface area contributed by atoms with Gasteiger partial charge in [-0.2, -0.15) is 0 Å².